The standard InChI is InChI=1S/C20H20ClN3O2S/c1-3-12(2)22-18(25)14-6-9-16-17(10-14)23-20(27)24(19(16)26)11-13-4-7-15(21)8-5-13/h4-10,12H,3,11H2,1-2H3,(H,22,25)(H,23,27). The summed E-state index contributed by atoms with van der Waals surface area (Å²) in [7, 11) is 0. The lowest BCUT2D eigenvalue weighted by Gasteiger charge is -2.12. The van der Waals surface area contributed by atoms with Crippen LogP contribution in [0.1, 0.15) is 36.2 Å². The van der Waals surface area contributed by atoms with E-state index in [9.17, 15) is 9.59 Å². The Bertz CT molecular complexity index is 1100. The lowest BCUT2D eigenvalue weighted by Crippen LogP contribution is -2.32. The van der Waals surface area contributed by atoms with Crippen LogP contribution in [0.5, 0.6) is 0 Å². The Morgan fingerprint density at radius 3 is 2.63 bits per heavy atom. The Labute approximate surface area is 167 Å². The SMILES string of the molecule is CCC(C)NC(=O)c1ccc2c(=O)n(Cc3ccc(Cl)cc3)c(=S)[nH]c2c1. The number of nitrogens with zero attached hydrogens (tertiary/aromatic N) is 1. The lowest BCUT2D eigenvalue weighted by atomic mass is 10.1. The van der Waals surface area contributed by atoms with Gasteiger partial charge in [0.2, 0.25) is 0 Å². The fourth-order valence-corrected chi connectivity index (χ4v) is 3.10. The van der Waals surface area contributed by atoms with Crippen LogP contribution in [0.4, 0.5) is 0 Å². The maximum atomic E-state index is 12.9. The topological polar surface area (TPSA) is 66.9 Å². The molecule has 1 atom stereocenters. The second-order valence-corrected chi connectivity index (χ2v) is 7.31. The lowest BCUT2D eigenvalue weighted by molar-refractivity contribution is 0.0939. The van der Waals surface area contributed by atoms with Gasteiger partial charge >= 0.3 is 0 Å². The van der Waals surface area contributed by atoms with Crippen molar-refractivity contribution in [2.45, 2.75) is 32.9 Å². The van der Waals surface area contributed by atoms with Gasteiger partial charge in [-0.2, -0.15) is 0 Å². The van der Waals surface area contributed by atoms with Gasteiger partial charge in [-0.1, -0.05) is 30.7 Å². The predicted octanol–water partition coefficient (Wildman–Crippen LogP) is 4.29. The second-order valence-electron chi connectivity index (χ2n) is 6.49. The van der Waals surface area contributed by atoms with Gasteiger partial charge in [-0.25, -0.2) is 0 Å². The summed E-state index contributed by atoms with van der Waals surface area (Å²) >= 11 is 11.3. The van der Waals surface area contributed by atoms with Gasteiger partial charge < -0.3 is 10.3 Å². The number of carbonyl (C=O) groups excluding carboxylic acids is 1. The number of nitrogens with one attached hydrogen (secondary N) is 2. The van der Waals surface area contributed by atoms with Crippen LogP contribution in [0.25, 0.3) is 10.9 Å². The minimum absolute atomic E-state index is 0.0825. The highest BCUT2D eigenvalue weighted by molar-refractivity contribution is 7.71. The molecule has 5 nitrogen and oxygen atoms in total. The second kappa shape index (κ2) is 8.06. The zero-order chi connectivity index (χ0) is 19.6. The van der Waals surface area contributed by atoms with E-state index < -0.39 is 0 Å². The van der Waals surface area contributed by atoms with Crippen molar-refractivity contribution in [3.8, 4) is 0 Å². The number of benzene rings is 2. The summed E-state index contributed by atoms with van der Waals surface area (Å²) < 4.78 is 1.81. The molecular formula is C20H20ClN3O2S. The molecular weight excluding hydrogens is 382 g/mol. The molecule has 7 heteroatoms. The Morgan fingerprint density at radius 2 is 1.96 bits per heavy atom. The van der Waals surface area contributed by atoms with Crippen LogP contribution in [-0.4, -0.2) is 21.5 Å². The van der Waals surface area contributed by atoms with E-state index in [4.69, 9.17) is 23.8 Å². The molecule has 1 aromatic heterocycles. The maximum Gasteiger partial charge on any atom is 0.262 e. The zero-order valence-electron chi connectivity index (χ0n) is 15.1. The van der Waals surface area contributed by atoms with Crippen molar-refractivity contribution in [2.24, 2.45) is 0 Å². The quantitative estimate of drug-likeness (QED) is 0.627. The molecule has 1 unspecified atom stereocenters. The third kappa shape index (κ3) is 4.28. The average molecular weight is 402 g/mol. The van der Waals surface area contributed by atoms with Crippen molar-refractivity contribution in [1.29, 1.82) is 0 Å². The van der Waals surface area contributed by atoms with Crippen LogP contribution in [-0.2, 0) is 6.54 Å². The van der Waals surface area contributed by atoms with Gasteiger partial charge in [0, 0.05) is 16.6 Å². The van der Waals surface area contributed by atoms with Gasteiger partial charge in [0.05, 0.1) is 17.4 Å². The van der Waals surface area contributed by atoms with Crippen LogP contribution in [0.2, 0.25) is 5.02 Å². The molecule has 2 N–H and O–H groups in total. The van der Waals surface area contributed by atoms with Gasteiger partial charge in [0.25, 0.3) is 11.5 Å². The minimum Gasteiger partial charge on any atom is -0.350 e. The van der Waals surface area contributed by atoms with Gasteiger partial charge in [-0.3, -0.25) is 14.2 Å². The van der Waals surface area contributed by atoms with Crippen LogP contribution in [0.3, 0.4) is 0 Å². The first-order valence-corrected chi connectivity index (χ1v) is 9.50. The van der Waals surface area contributed by atoms with Gasteiger partial charge in [-0.05, 0) is 61.5 Å². The summed E-state index contributed by atoms with van der Waals surface area (Å²) in [5, 5.41) is 4.04. The molecule has 0 radical (unpaired) electrons. The van der Waals surface area contributed by atoms with Gasteiger partial charge in [0.1, 0.15) is 0 Å². The minimum atomic E-state index is -0.197. The number of H-pyrrole nitrogens is 1. The van der Waals surface area contributed by atoms with E-state index in [-0.39, 0.29) is 17.5 Å². The molecule has 3 aromatic rings. The zero-order valence-corrected chi connectivity index (χ0v) is 16.7. The number of fused-ring (bicyclic) bond motifs is 1. The van der Waals surface area contributed by atoms with Crippen molar-refractivity contribution in [3.05, 3.63) is 73.7 Å². The highest BCUT2D eigenvalue weighted by atomic mass is 35.5. The molecule has 0 saturated heterocycles. The molecule has 0 spiro atoms. The molecule has 2 aromatic carbocycles. The summed E-state index contributed by atoms with van der Waals surface area (Å²) in [6.45, 7) is 4.30. The third-order valence-corrected chi connectivity index (χ3v) is 5.06. The first kappa shape index (κ1) is 19.3. The fourth-order valence-electron chi connectivity index (χ4n) is 2.72. The number of carbonyl (C=O) groups is 1. The smallest absolute Gasteiger partial charge is 0.262 e. The van der Waals surface area contributed by atoms with Gasteiger partial charge in [0.15, 0.2) is 4.77 Å². The number of rotatable bonds is 5. The van der Waals surface area contributed by atoms with E-state index in [1.54, 1.807) is 30.3 Å². The summed E-state index contributed by atoms with van der Waals surface area (Å²) in [5.41, 5.74) is 1.76. The van der Waals surface area contributed by atoms with Crippen molar-refractivity contribution in [2.75, 3.05) is 0 Å². The number of aromatic nitrogens is 2. The Kier molecular flexibility index (Phi) is 5.77. The average Bonchev–Trinajstić information content (AvgIpc) is 2.66. The van der Waals surface area contributed by atoms with Crippen LogP contribution in [0, 0.1) is 4.77 Å². The van der Waals surface area contributed by atoms with Gasteiger partial charge in [-0.15, -0.1) is 0 Å². The fraction of sp³-hybridized carbons (Fsp3) is 0.250. The number of hydrogen-bond donors (Lipinski definition) is 2. The monoisotopic (exact) mass is 401 g/mol. The van der Waals surface area contributed by atoms with Crippen molar-refractivity contribution < 1.29 is 4.79 Å². The molecule has 3 rings (SSSR count). The number of hydrogen-bond acceptors (Lipinski definition) is 3. The summed E-state index contributed by atoms with van der Waals surface area (Å²) in [4.78, 5) is 28.3. The van der Waals surface area contributed by atoms with Crippen molar-refractivity contribution in [1.82, 2.24) is 14.9 Å². The Morgan fingerprint density at radius 1 is 1.26 bits per heavy atom. The number of halogens is 1. The summed E-state index contributed by atoms with van der Waals surface area (Å²) in [6, 6.07) is 12.3. The van der Waals surface area contributed by atoms with Crippen molar-refractivity contribution in [3.63, 3.8) is 0 Å². The maximum absolute atomic E-state index is 12.9. The highest BCUT2D eigenvalue weighted by Crippen LogP contribution is 2.13. The Balaban J connectivity index is 1.99. The normalized spacial score (nSPS) is 12.1. The molecule has 140 valence electrons. The number of amides is 1. The molecule has 0 bridgehead atoms. The first-order chi connectivity index (χ1) is 12.9. The molecule has 1 heterocycles. The number of aromatic amines is 1. The van der Waals surface area contributed by atoms with E-state index in [1.165, 1.54) is 4.57 Å². The Hall–Kier alpha value is -2.44. The molecule has 1 amide bonds. The molecule has 0 aliphatic carbocycles. The molecule has 0 aliphatic heterocycles. The molecule has 0 saturated carbocycles. The first-order valence-electron chi connectivity index (χ1n) is 8.71. The van der Waals surface area contributed by atoms with Crippen LogP contribution in [0.15, 0.2) is 47.3 Å². The largest absolute Gasteiger partial charge is 0.350 e. The van der Waals surface area contributed by atoms with Crippen LogP contribution < -0.4 is 10.9 Å². The summed E-state index contributed by atoms with van der Waals surface area (Å²) in [5.74, 6) is -0.170. The van der Waals surface area contributed by atoms with E-state index in [2.05, 4.69) is 10.3 Å². The van der Waals surface area contributed by atoms with E-state index in [0.717, 1.165) is 12.0 Å². The van der Waals surface area contributed by atoms with E-state index >= 15 is 0 Å². The third-order valence-electron chi connectivity index (χ3n) is 4.49. The molecule has 0 aliphatic rings. The molecule has 0 fully saturated rings. The summed E-state index contributed by atoms with van der Waals surface area (Å²) in [6.07, 6.45) is 0.844. The molecule has 27 heavy (non-hydrogen) atoms. The van der Waals surface area contributed by atoms with E-state index in [1.807, 2.05) is 26.0 Å². The van der Waals surface area contributed by atoms with Crippen LogP contribution >= 0.6 is 23.8 Å². The predicted molar refractivity (Wildman–Crippen MR) is 111 cm³/mol. The highest BCUT2D eigenvalue weighted by Gasteiger charge is 2.12. The van der Waals surface area contributed by atoms with E-state index in [0.29, 0.717) is 32.8 Å². The van der Waals surface area contributed by atoms with Crippen molar-refractivity contribution >= 4 is 40.6 Å².